The Bertz CT molecular complexity index is 819. The summed E-state index contributed by atoms with van der Waals surface area (Å²) in [7, 11) is 0. The molecule has 2 N–H and O–H groups in total. The lowest BCUT2D eigenvalue weighted by atomic mass is 9.88. The molecule has 2 rings (SSSR count). The van der Waals surface area contributed by atoms with Gasteiger partial charge >= 0.3 is 0 Å². The van der Waals surface area contributed by atoms with Gasteiger partial charge in [-0.3, -0.25) is 9.59 Å². The minimum Gasteiger partial charge on any atom is -0.394 e. The van der Waals surface area contributed by atoms with E-state index < -0.39 is 0 Å². The maximum Gasteiger partial charge on any atom is 0.274 e. The van der Waals surface area contributed by atoms with E-state index in [0.717, 1.165) is 0 Å². The lowest BCUT2D eigenvalue weighted by molar-refractivity contribution is 0.0892. The van der Waals surface area contributed by atoms with Crippen molar-refractivity contribution in [3.8, 4) is 0 Å². The molecule has 1 aromatic carbocycles. The van der Waals surface area contributed by atoms with Gasteiger partial charge in [0, 0.05) is 5.39 Å². The lowest BCUT2D eigenvalue weighted by Gasteiger charge is -2.25. The molecule has 0 radical (unpaired) electrons. The molecule has 1 unspecified atom stereocenters. The predicted octanol–water partition coefficient (Wildman–Crippen LogP) is 2.50. The van der Waals surface area contributed by atoms with Gasteiger partial charge < -0.3 is 10.4 Å². The fourth-order valence-corrected chi connectivity index (χ4v) is 2.88. The van der Waals surface area contributed by atoms with Crippen LogP contribution < -0.4 is 10.9 Å². The molecule has 0 saturated heterocycles. The zero-order chi connectivity index (χ0) is 18.8. The molecule has 1 aromatic heterocycles. The second-order valence-corrected chi connectivity index (χ2v) is 7.86. The number of hydrogen-bond acceptors (Lipinski definition) is 4. The van der Waals surface area contributed by atoms with Crippen LogP contribution in [-0.4, -0.2) is 33.4 Å². The van der Waals surface area contributed by atoms with Gasteiger partial charge in [-0.2, -0.15) is 5.10 Å². The molecule has 2 aromatic rings. The van der Waals surface area contributed by atoms with Crippen molar-refractivity contribution in [2.75, 3.05) is 6.61 Å². The Morgan fingerprint density at radius 3 is 2.36 bits per heavy atom. The average molecular weight is 345 g/mol. The molecule has 0 aliphatic heterocycles. The minimum absolute atomic E-state index is 0.0348. The Morgan fingerprint density at radius 2 is 1.84 bits per heavy atom. The number of aliphatic hydroxyl groups excluding tert-OH is 1. The third-order valence-electron chi connectivity index (χ3n) is 3.95. The Balaban J connectivity index is 2.47. The first-order valence-corrected chi connectivity index (χ1v) is 8.57. The van der Waals surface area contributed by atoms with Crippen LogP contribution in [0.2, 0.25) is 0 Å². The number of rotatable bonds is 5. The summed E-state index contributed by atoms with van der Waals surface area (Å²) >= 11 is 0. The Morgan fingerprint density at radius 1 is 1.24 bits per heavy atom. The van der Waals surface area contributed by atoms with Gasteiger partial charge in [0.05, 0.1) is 24.1 Å². The van der Waals surface area contributed by atoms with Crippen molar-refractivity contribution >= 4 is 16.7 Å². The second kappa shape index (κ2) is 7.35. The molecular weight excluding hydrogens is 318 g/mol. The number of carbonyl (C=O) groups excluding carboxylic acids is 1. The highest BCUT2D eigenvalue weighted by atomic mass is 16.3. The van der Waals surface area contributed by atoms with Crippen LogP contribution in [0.5, 0.6) is 0 Å². The zero-order valence-corrected chi connectivity index (χ0v) is 15.5. The van der Waals surface area contributed by atoms with E-state index >= 15 is 0 Å². The van der Waals surface area contributed by atoms with Crippen molar-refractivity contribution in [3.63, 3.8) is 0 Å². The predicted molar refractivity (Wildman–Crippen MR) is 98.8 cm³/mol. The van der Waals surface area contributed by atoms with E-state index in [9.17, 15) is 14.7 Å². The number of nitrogens with zero attached hydrogens (tertiary/aromatic N) is 2. The van der Waals surface area contributed by atoms with Gasteiger partial charge in [0.25, 0.3) is 11.5 Å². The number of aromatic nitrogens is 2. The van der Waals surface area contributed by atoms with E-state index in [1.807, 2.05) is 13.8 Å². The van der Waals surface area contributed by atoms with Crippen LogP contribution in [0, 0.1) is 5.41 Å². The van der Waals surface area contributed by atoms with Crippen molar-refractivity contribution in [2.45, 2.75) is 53.1 Å². The highest BCUT2D eigenvalue weighted by Crippen LogP contribution is 2.21. The standard InChI is InChI=1S/C19H27N3O3/c1-12(2)22-18(25)15-9-7-6-8-14(15)16(21-22)17(24)20-13(11-23)10-19(3,4)5/h6-9,12-13,23H,10-11H2,1-5H3,(H,20,24). The molecule has 6 heteroatoms. The SMILES string of the molecule is CC(C)n1nc(C(=O)NC(CO)CC(C)(C)C)c2ccccc2c1=O. The number of aliphatic hydroxyl groups is 1. The van der Waals surface area contributed by atoms with Crippen LogP contribution in [0.25, 0.3) is 10.8 Å². The molecule has 0 spiro atoms. The molecule has 0 aliphatic carbocycles. The fourth-order valence-electron chi connectivity index (χ4n) is 2.88. The Hall–Kier alpha value is -2.21. The van der Waals surface area contributed by atoms with Crippen LogP contribution in [0.15, 0.2) is 29.1 Å². The van der Waals surface area contributed by atoms with Gasteiger partial charge in [-0.1, -0.05) is 39.0 Å². The Kier molecular flexibility index (Phi) is 5.62. The van der Waals surface area contributed by atoms with E-state index in [0.29, 0.717) is 17.2 Å². The normalized spacial score (nSPS) is 13.2. The summed E-state index contributed by atoms with van der Waals surface area (Å²) in [4.78, 5) is 25.3. The van der Waals surface area contributed by atoms with Gasteiger partial charge in [-0.15, -0.1) is 0 Å². The van der Waals surface area contributed by atoms with Gasteiger partial charge in [-0.05, 0) is 31.7 Å². The number of carbonyl (C=O) groups is 1. The van der Waals surface area contributed by atoms with Crippen LogP contribution in [0.1, 0.15) is 57.6 Å². The van der Waals surface area contributed by atoms with E-state index in [2.05, 4.69) is 31.2 Å². The first kappa shape index (κ1) is 19.1. The molecule has 136 valence electrons. The highest BCUT2D eigenvalue weighted by Gasteiger charge is 2.23. The van der Waals surface area contributed by atoms with Crippen LogP contribution in [0.4, 0.5) is 0 Å². The van der Waals surface area contributed by atoms with Crippen molar-refractivity contribution in [1.82, 2.24) is 15.1 Å². The number of fused-ring (bicyclic) bond motifs is 1. The summed E-state index contributed by atoms with van der Waals surface area (Å²) in [6.45, 7) is 9.70. The fraction of sp³-hybridized carbons (Fsp3) is 0.526. The first-order chi connectivity index (χ1) is 11.6. The van der Waals surface area contributed by atoms with Gasteiger partial charge in [0.1, 0.15) is 0 Å². The molecule has 0 saturated carbocycles. The Labute approximate surface area is 147 Å². The summed E-state index contributed by atoms with van der Waals surface area (Å²) in [6.07, 6.45) is 0.636. The quantitative estimate of drug-likeness (QED) is 0.872. The van der Waals surface area contributed by atoms with Gasteiger partial charge in [0.15, 0.2) is 5.69 Å². The van der Waals surface area contributed by atoms with Gasteiger partial charge in [0.2, 0.25) is 0 Å². The molecule has 1 heterocycles. The molecule has 0 bridgehead atoms. The largest absolute Gasteiger partial charge is 0.394 e. The minimum atomic E-state index is -0.381. The van der Waals surface area contributed by atoms with E-state index in [1.165, 1.54) is 4.68 Å². The van der Waals surface area contributed by atoms with Crippen molar-refractivity contribution in [2.24, 2.45) is 5.41 Å². The van der Waals surface area contributed by atoms with Crippen LogP contribution >= 0.6 is 0 Å². The second-order valence-electron chi connectivity index (χ2n) is 7.86. The van der Waals surface area contributed by atoms with Crippen molar-refractivity contribution in [3.05, 3.63) is 40.3 Å². The topological polar surface area (TPSA) is 84.2 Å². The summed E-state index contributed by atoms with van der Waals surface area (Å²) < 4.78 is 1.33. The number of amides is 1. The van der Waals surface area contributed by atoms with E-state index in [4.69, 9.17) is 0 Å². The molecular formula is C19H27N3O3. The average Bonchev–Trinajstić information content (AvgIpc) is 2.53. The third-order valence-corrected chi connectivity index (χ3v) is 3.95. The molecule has 0 fully saturated rings. The summed E-state index contributed by atoms with van der Waals surface area (Å²) in [5.41, 5.74) is -0.0424. The van der Waals surface area contributed by atoms with Gasteiger partial charge in [-0.25, -0.2) is 4.68 Å². The summed E-state index contributed by atoms with van der Waals surface area (Å²) in [5, 5.41) is 17.7. The lowest BCUT2D eigenvalue weighted by Crippen LogP contribution is -2.41. The molecule has 0 aliphatic rings. The molecule has 1 atom stereocenters. The number of nitrogens with one attached hydrogen (secondary N) is 1. The number of hydrogen-bond donors (Lipinski definition) is 2. The molecule has 25 heavy (non-hydrogen) atoms. The zero-order valence-electron chi connectivity index (χ0n) is 15.5. The van der Waals surface area contributed by atoms with E-state index in [-0.39, 0.29) is 41.3 Å². The van der Waals surface area contributed by atoms with Crippen LogP contribution in [-0.2, 0) is 0 Å². The smallest absolute Gasteiger partial charge is 0.274 e. The third kappa shape index (κ3) is 4.45. The summed E-state index contributed by atoms with van der Waals surface area (Å²) in [6, 6.07) is 6.44. The van der Waals surface area contributed by atoms with Crippen molar-refractivity contribution in [1.29, 1.82) is 0 Å². The summed E-state index contributed by atoms with van der Waals surface area (Å²) in [5.74, 6) is -0.381. The first-order valence-electron chi connectivity index (χ1n) is 8.57. The maximum atomic E-state index is 12.8. The van der Waals surface area contributed by atoms with Crippen LogP contribution in [0.3, 0.4) is 0 Å². The maximum absolute atomic E-state index is 12.8. The highest BCUT2D eigenvalue weighted by molar-refractivity contribution is 6.04. The number of benzene rings is 1. The van der Waals surface area contributed by atoms with Crippen molar-refractivity contribution < 1.29 is 9.90 Å². The molecule has 1 amide bonds. The van der Waals surface area contributed by atoms with E-state index in [1.54, 1.807) is 24.3 Å². The monoisotopic (exact) mass is 345 g/mol. The molecule has 6 nitrogen and oxygen atoms in total.